The van der Waals surface area contributed by atoms with Crippen LogP contribution in [0.25, 0.3) is 0 Å². The molecule has 1 atom stereocenters. The van der Waals surface area contributed by atoms with Crippen molar-refractivity contribution in [1.29, 1.82) is 0 Å². The van der Waals surface area contributed by atoms with Crippen molar-refractivity contribution in [3.63, 3.8) is 0 Å². The molecule has 0 radical (unpaired) electrons. The van der Waals surface area contributed by atoms with Crippen LogP contribution < -0.4 is 5.32 Å². The van der Waals surface area contributed by atoms with Gasteiger partial charge in [-0.25, -0.2) is 0 Å². The number of methoxy groups -OCH3 is 1. The summed E-state index contributed by atoms with van der Waals surface area (Å²) >= 11 is 0. The average molecular weight is 187 g/mol. The summed E-state index contributed by atoms with van der Waals surface area (Å²) in [6.45, 7) is 2.90. The first kappa shape index (κ1) is 11.0. The molecule has 0 bridgehead atoms. The highest BCUT2D eigenvalue weighted by Gasteiger charge is 2.20. The zero-order chi connectivity index (χ0) is 9.68. The number of hydrogen-bond acceptors (Lipinski definition) is 3. The number of ether oxygens (including phenoxy) is 1. The first-order valence-corrected chi connectivity index (χ1v) is 5.15. The van der Waals surface area contributed by atoms with Crippen LogP contribution in [-0.2, 0) is 4.74 Å². The van der Waals surface area contributed by atoms with Gasteiger partial charge in [-0.3, -0.25) is 0 Å². The van der Waals surface area contributed by atoms with Crippen molar-refractivity contribution in [3.8, 4) is 0 Å². The molecule has 1 unspecified atom stereocenters. The highest BCUT2D eigenvalue weighted by molar-refractivity contribution is 4.78. The highest BCUT2D eigenvalue weighted by Crippen LogP contribution is 2.18. The lowest BCUT2D eigenvalue weighted by Gasteiger charge is -2.28. The summed E-state index contributed by atoms with van der Waals surface area (Å²) in [5, 5.41) is 12.8. The van der Waals surface area contributed by atoms with Gasteiger partial charge in [0, 0.05) is 19.2 Å². The standard InChI is InChI=1S/C10H21NO2/c1-8(7-13-2)11-9-3-5-10(12)6-4-9/h8-12H,3-7H2,1-2H3. The van der Waals surface area contributed by atoms with Crippen molar-refractivity contribution >= 4 is 0 Å². The van der Waals surface area contributed by atoms with Gasteiger partial charge in [-0.05, 0) is 32.6 Å². The molecule has 1 rings (SSSR count). The summed E-state index contributed by atoms with van der Waals surface area (Å²) in [7, 11) is 1.73. The fourth-order valence-electron chi connectivity index (χ4n) is 1.94. The quantitative estimate of drug-likeness (QED) is 0.687. The fraction of sp³-hybridized carbons (Fsp3) is 1.00. The number of aliphatic hydroxyl groups is 1. The molecule has 13 heavy (non-hydrogen) atoms. The summed E-state index contributed by atoms with van der Waals surface area (Å²) in [6.07, 6.45) is 4.01. The van der Waals surface area contributed by atoms with E-state index in [1.54, 1.807) is 7.11 Å². The third-order valence-corrected chi connectivity index (χ3v) is 2.63. The monoisotopic (exact) mass is 187 g/mol. The van der Waals surface area contributed by atoms with Crippen LogP contribution in [-0.4, -0.2) is 37.0 Å². The Morgan fingerprint density at radius 2 is 2.00 bits per heavy atom. The van der Waals surface area contributed by atoms with Gasteiger partial charge in [-0.1, -0.05) is 0 Å². The Labute approximate surface area is 80.5 Å². The van der Waals surface area contributed by atoms with E-state index in [2.05, 4.69) is 12.2 Å². The molecule has 1 aliphatic rings. The summed E-state index contributed by atoms with van der Waals surface area (Å²) in [6, 6.07) is 0.999. The van der Waals surface area contributed by atoms with Crippen molar-refractivity contribution in [2.75, 3.05) is 13.7 Å². The molecular formula is C10H21NO2. The molecule has 1 saturated carbocycles. The van der Waals surface area contributed by atoms with Crippen molar-refractivity contribution in [3.05, 3.63) is 0 Å². The van der Waals surface area contributed by atoms with Crippen molar-refractivity contribution in [2.24, 2.45) is 0 Å². The van der Waals surface area contributed by atoms with Gasteiger partial charge in [0.1, 0.15) is 0 Å². The van der Waals surface area contributed by atoms with Crippen LogP contribution >= 0.6 is 0 Å². The maximum Gasteiger partial charge on any atom is 0.0613 e. The molecule has 3 heteroatoms. The number of hydrogen-bond donors (Lipinski definition) is 2. The van der Waals surface area contributed by atoms with Crippen LogP contribution in [0.3, 0.4) is 0 Å². The van der Waals surface area contributed by atoms with E-state index in [1.807, 2.05) is 0 Å². The fourth-order valence-corrected chi connectivity index (χ4v) is 1.94. The molecular weight excluding hydrogens is 166 g/mol. The summed E-state index contributed by atoms with van der Waals surface area (Å²) in [5.41, 5.74) is 0. The lowest BCUT2D eigenvalue weighted by Crippen LogP contribution is -2.41. The summed E-state index contributed by atoms with van der Waals surface area (Å²) in [5.74, 6) is 0. The second-order valence-corrected chi connectivity index (χ2v) is 4.03. The molecule has 0 saturated heterocycles. The molecule has 1 fully saturated rings. The maximum absolute atomic E-state index is 9.31. The maximum atomic E-state index is 9.31. The zero-order valence-corrected chi connectivity index (χ0v) is 8.62. The van der Waals surface area contributed by atoms with Crippen LogP contribution in [0.2, 0.25) is 0 Å². The van der Waals surface area contributed by atoms with Gasteiger partial charge >= 0.3 is 0 Å². The third kappa shape index (κ3) is 4.07. The van der Waals surface area contributed by atoms with Crippen LogP contribution in [0, 0.1) is 0 Å². The van der Waals surface area contributed by atoms with E-state index in [0.717, 1.165) is 32.3 Å². The first-order valence-electron chi connectivity index (χ1n) is 5.15. The van der Waals surface area contributed by atoms with Crippen LogP contribution in [0.4, 0.5) is 0 Å². The highest BCUT2D eigenvalue weighted by atomic mass is 16.5. The van der Waals surface area contributed by atoms with Gasteiger partial charge in [0.25, 0.3) is 0 Å². The predicted molar refractivity (Wildman–Crippen MR) is 52.7 cm³/mol. The van der Waals surface area contributed by atoms with Gasteiger partial charge in [-0.2, -0.15) is 0 Å². The minimum atomic E-state index is -0.0595. The van der Waals surface area contributed by atoms with E-state index in [4.69, 9.17) is 4.74 Å². The lowest BCUT2D eigenvalue weighted by molar-refractivity contribution is 0.107. The first-order chi connectivity index (χ1) is 6.22. The molecule has 0 aromatic rings. The minimum absolute atomic E-state index is 0.0595. The number of aliphatic hydroxyl groups excluding tert-OH is 1. The number of nitrogens with one attached hydrogen (secondary N) is 1. The molecule has 0 spiro atoms. The largest absolute Gasteiger partial charge is 0.393 e. The molecule has 3 nitrogen and oxygen atoms in total. The molecule has 0 aromatic heterocycles. The lowest BCUT2D eigenvalue weighted by atomic mass is 9.93. The molecule has 0 aliphatic heterocycles. The van der Waals surface area contributed by atoms with E-state index in [9.17, 15) is 5.11 Å². The van der Waals surface area contributed by atoms with E-state index < -0.39 is 0 Å². The summed E-state index contributed by atoms with van der Waals surface area (Å²) < 4.78 is 5.05. The Morgan fingerprint density at radius 3 is 2.54 bits per heavy atom. The molecule has 1 aliphatic carbocycles. The average Bonchev–Trinajstić information content (AvgIpc) is 2.09. The van der Waals surface area contributed by atoms with Crippen LogP contribution in [0.1, 0.15) is 32.6 Å². The van der Waals surface area contributed by atoms with Crippen molar-refractivity contribution in [1.82, 2.24) is 5.32 Å². The Kier molecular flexibility index (Phi) is 4.70. The Morgan fingerprint density at radius 1 is 1.38 bits per heavy atom. The normalized spacial score (nSPS) is 31.6. The molecule has 78 valence electrons. The molecule has 0 amide bonds. The minimum Gasteiger partial charge on any atom is -0.393 e. The summed E-state index contributed by atoms with van der Waals surface area (Å²) in [4.78, 5) is 0. The van der Waals surface area contributed by atoms with Gasteiger partial charge < -0.3 is 15.2 Å². The molecule has 0 heterocycles. The molecule has 2 N–H and O–H groups in total. The van der Waals surface area contributed by atoms with Crippen molar-refractivity contribution < 1.29 is 9.84 Å². The van der Waals surface area contributed by atoms with Gasteiger partial charge in [0.15, 0.2) is 0 Å². The molecule has 0 aromatic carbocycles. The van der Waals surface area contributed by atoms with Gasteiger partial charge in [-0.15, -0.1) is 0 Å². The second kappa shape index (κ2) is 5.58. The van der Waals surface area contributed by atoms with E-state index in [-0.39, 0.29) is 6.10 Å². The SMILES string of the molecule is COCC(C)NC1CCC(O)CC1. The van der Waals surface area contributed by atoms with E-state index in [0.29, 0.717) is 12.1 Å². The van der Waals surface area contributed by atoms with Crippen LogP contribution in [0.15, 0.2) is 0 Å². The number of rotatable bonds is 4. The van der Waals surface area contributed by atoms with E-state index >= 15 is 0 Å². The van der Waals surface area contributed by atoms with Crippen LogP contribution in [0.5, 0.6) is 0 Å². The third-order valence-electron chi connectivity index (χ3n) is 2.63. The predicted octanol–water partition coefficient (Wildman–Crippen LogP) is 0.914. The smallest absolute Gasteiger partial charge is 0.0613 e. The van der Waals surface area contributed by atoms with Gasteiger partial charge in [0.2, 0.25) is 0 Å². The Bertz CT molecular complexity index is 133. The van der Waals surface area contributed by atoms with E-state index in [1.165, 1.54) is 0 Å². The second-order valence-electron chi connectivity index (χ2n) is 4.03. The Balaban J connectivity index is 2.14. The van der Waals surface area contributed by atoms with Gasteiger partial charge in [0.05, 0.1) is 12.7 Å². The zero-order valence-electron chi connectivity index (χ0n) is 8.62. The topological polar surface area (TPSA) is 41.5 Å². The van der Waals surface area contributed by atoms with Crippen molar-refractivity contribution in [2.45, 2.75) is 50.8 Å². The Hall–Kier alpha value is -0.120.